The Hall–Kier alpha value is -3.28. The zero-order valence-electron chi connectivity index (χ0n) is 13.7. The van der Waals surface area contributed by atoms with E-state index in [0.29, 0.717) is 23.7 Å². The maximum Gasteiger partial charge on any atom is 0.258 e. The highest BCUT2D eigenvalue weighted by Gasteiger charge is 2.08. The summed E-state index contributed by atoms with van der Waals surface area (Å²) in [4.78, 5) is 20.4. The van der Waals surface area contributed by atoms with E-state index in [2.05, 4.69) is 20.6 Å². The van der Waals surface area contributed by atoms with E-state index in [1.54, 1.807) is 0 Å². The van der Waals surface area contributed by atoms with Crippen LogP contribution in [0, 0.1) is 12.7 Å². The van der Waals surface area contributed by atoms with Crippen molar-refractivity contribution in [2.24, 2.45) is 0 Å². The van der Waals surface area contributed by atoms with Gasteiger partial charge in [-0.25, -0.2) is 14.4 Å². The number of carbonyl (C=O) groups is 1. The van der Waals surface area contributed by atoms with Crippen molar-refractivity contribution in [3.05, 3.63) is 83.4 Å². The molecule has 0 radical (unpaired) electrons. The van der Waals surface area contributed by atoms with Gasteiger partial charge in [0.25, 0.3) is 5.91 Å². The van der Waals surface area contributed by atoms with Gasteiger partial charge in [0.05, 0.1) is 5.56 Å². The summed E-state index contributed by atoms with van der Waals surface area (Å²) < 4.78 is 12.9. The van der Waals surface area contributed by atoms with Crippen LogP contribution in [0.3, 0.4) is 0 Å². The van der Waals surface area contributed by atoms with Gasteiger partial charge in [-0.05, 0) is 42.3 Å². The van der Waals surface area contributed by atoms with Crippen molar-refractivity contribution in [3.8, 4) is 0 Å². The smallest absolute Gasteiger partial charge is 0.258 e. The van der Waals surface area contributed by atoms with Crippen LogP contribution in [-0.4, -0.2) is 15.9 Å². The molecule has 0 saturated carbocycles. The van der Waals surface area contributed by atoms with Crippen LogP contribution >= 0.6 is 0 Å². The number of anilines is 2. The van der Waals surface area contributed by atoms with Crippen molar-refractivity contribution in [3.63, 3.8) is 0 Å². The lowest BCUT2D eigenvalue weighted by Gasteiger charge is -2.08. The van der Waals surface area contributed by atoms with E-state index in [1.165, 1.54) is 42.2 Å². The SMILES string of the molecule is Cc1ccccc1CNc1ncc(C(=O)Nc2ccc(F)cc2)cn1. The van der Waals surface area contributed by atoms with Gasteiger partial charge in [-0.3, -0.25) is 4.79 Å². The Morgan fingerprint density at radius 2 is 1.72 bits per heavy atom. The first-order valence-corrected chi connectivity index (χ1v) is 7.79. The highest BCUT2D eigenvalue weighted by atomic mass is 19.1. The van der Waals surface area contributed by atoms with Crippen LogP contribution in [0.15, 0.2) is 60.9 Å². The van der Waals surface area contributed by atoms with Gasteiger partial charge in [0, 0.05) is 24.6 Å². The van der Waals surface area contributed by atoms with E-state index in [1.807, 2.05) is 31.2 Å². The molecule has 1 aromatic heterocycles. The van der Waals surface area contributed by atoms with Crippen LogP contribution in [0.4, 0.5) is 16.0 Å². The normalized spacial score (nSPS) is 10.3. The van der Waals surface area contributed by atoms with Gasteiger partial charge >= 0.3 is 0 Å². The number of rotatable bonds is 5. The number of aromatic nitrogens is 2. The molecule has 0 aliphatic heterocycles. The topological polar surface area (TPSA) is 66.9 Å². The molecule has 3 rings (SSSR count). The molecule has 25 heavy (non-hydrogen) atoms. The number of carbonyl (C=O) groups excluding carboxylic acids is 1. The molecular weight excluding hydrogens is 319 g/mol. The summed E-state index contributed by atoms with van der Waals surface area (Å²) in [7, 11) is 0. The third kappa shape index (κ3) is 4.38. The first-order chi connectivity index (χ1) is 12.1. The molecule has 2 N–H and O–H groups in total. The fourth-order valence-corrected chi connectivity index (χ4v) is 2.26. The largest absolute Gasteiger partial charge is 0.350 e. The van der Waals surface area contributed by atoms with Crippen LogP contribution in [0.25, 0.3) is 0 Å². The Labute approximate surface area is 145 Å². The van der Waals surface area contributed by atoms with E-state index < -0.39 is 0 Å². The zero-order chi connectivity index (χ0) is 17.6. The molecule has 0 aliphatic rings. The molecule has 0 fully saturated rings. The summed E-state index contributed by atoms with van der Waals surface area (Å²) in [5.74, 6) is -0.260. The molecule has 0 unspecified atom stereocenters. The molecule has 3 aromatic rings. The van der Waals surface area contributed by atoms with Crippen LogP contribution in [0.5, 0.6) is 0 Å². The summed E-state index contributed by atoms with van der Waals surface area (Å²) >= 11 is 0. The minimum absolute atomic E-state index is 0.325. The van der Waals surface area contributed by atoms with Gasteiger partial charge in [0.2, 0.25) is 5.95 Å². The van der Waals surface area contributed by atoms with Gasteiger partial charge in [-0.1, -0.05) is 24.3 Å². The Morgan fingerprint density at radius 3 is 2.40 bits per heavy atom. The maximum absolute atomic E-state index is 12.9. The van der Waals surface area contributed by atoms with Gasteiger partial charge in [-0.2, -0.15) is 0 Å². The number of aryl methyl sites for hydroxylation is 1. The summed E-state index contributed by atoms with van der Waals surface area (Å²) in [6.07, 6.45) is 2.90. The lowest BCUT2D eigenvalue weighted by atomic mass is 10.1. The first-order valence-electron chi connectivity index (χ1n) is 7.79. The van der Waals surface area contributed by atoms with Crippen molar-refractivity contribution >= 4 is 17.5 Å². The predicted molar refractivity (Wildman–Crippen MR) is 94.9 cm³/mol. The molecule has 0 bridgehead atoms. The van der Waals surface area contributed by atoms with E-state index in [-0.39, 0.29) is 11.7 Å². The first kappa shape index (κ1) is 16.6. The van der Waals surface area contributed by atoms with E-state index >= 15 is 0 Å². The minimum Gasteiger partial charge on any atom is -0.350 e. The fraction of sp³-hybridized carbons (Fsp3) is 0.105. The number of amides is 1. The predicted octanol–water partition coefficient (Wildman–Crippen LogP) is 3.79. The molecule has 1 amide bonds. The van der Waals surface area contributed by atoms with Gasteiger partial charge < -0.3 is 10.6 Å². The van der Waals surface area contributed by atoms with Crippen molar-refractivity contribution in [1.29, 1.82) is 0 Å². The van der Waals surface area contributed by atoms with Crippen LogP contribution in [0.2, 0.25) is 0 Å². The number of nitrogens with zero attached hydrogens (tertiary/aromatic N) is 2. The van der Waals surface area contributed by atoms with Gasteiger partial charge in [0.15, 0.2) is 0 Å². The minimum atomic E-state index is -0.356. The number of benzene rings is 2. The summed E-state index contributed by atoms with van der Waals surface area (Å²) in [5, 5.41) is 5.79. The van der Waals surface area contributed by atoms with Crippen LogP contribution in [0.1, 0.15) is 21.5 Å². The summed E-state index contributed by atoms with van der Waals surface area (Å²) in [6, 6.07) is 13.6. The summed E-state index contributed by atoms with van der Waals surface area (Å²) in [6.45, 7) is 2.65. The standard InChI is InChI=1S/C19H17FN4O/c1-13-4-2-3-5-14(13)10-21-19-22-11-15(12-23-19)18(25)24-17-8-6-16(20)7-9-17/h2-9,11-12H,10H2,1H3,(H,24,25)(H,21,22,23). The van der Waals surface area contributed by atoms with E-state index in [9.17, 15) is 9.18 Å². The molecule has 126 valence electrons. The Bertz CT molecular complexity index is 863. The summed E-state index contributed by atoms with van der Waals surface area (Å²) in [5.41, 5.74) is 3.17. The second-order valence-corrected chi connectivity index (χ2v) is 5.54. The lowest BCUT2D eigenvalue weighted by Crippen LogP contribution is -2.13. The lowest BCUT2D eigenvalue weighted by molar-refractivity contribution is 0.102. The van der Waals surface area contributed by atoms with Gasteiger partial charge in [-0.15, -0.1) is 0 Å². The molecule has 6 heteroatoms. The molecule has 5 nitrogen and oxygen atoms in total. The van der Waals surface area contributed by atoms with Gasteiger partial charge in [0.1, 0.15) is 5.82 Å². The highest BCUT2D eigenvalue weighted by molar-refractivity contribution is 6.03. The average Bonchev–Trinajstić information content (AvgIpc) is 2.63. The number of halogens is 1. The molecule has 2 aromatic carbocycles. The quantitative estimate of drug-likeness (QED) is 0.744. The monoisotopic (exact) mass is 336 g/mol. The van der Waals surface area contributed by atoms with E-state index in [4.69, 9.17) is 0 Å². The molecule has 0 atom stereocenters. The Kier molecular flexibility index (Phi) is 4.99. The van der Waals surface area contributed by atoms with Crippen LogP contribution < -0.4 is 10.6 Å². The van der Waals surface area contributed by atoms with Crippen molar-refractivity contribution < 1.29 is 9.18 Å². The fourth-order valence-electron chi connectivity index (χ4n) is 2.26. The average molecular weight is 336 g/mol. The van der Waals surface area contributed by atoms with Crippen molar-refractivity contribution in [2.75, 3.05) is 10.6 Å². The molecular formula is C19H17FN4O. The molecule has 0 aliphatic carbocycles. The number of hydrogen-bond acceptors (Lipinski definition) is 4. The molecule has 0 saturated heterocycles. The molecule has 1 heterocycles. The Morgan fingerprint density at radius 1 is 1.04 bits per heavy atom. The van der Waals surface area contributed by atoms with Crippen LogP contribution in [-0.2, 0) is 6.54 Å². The second kappa shape index (κ2) is 7.53. The third-order valence-electron chi connectivity index (χ3n) is 3.71. The second-order valence-electron chi connectivity index (χ2n) is 5.54. The maximum atomic E-state index is 12.9. The third-order valence-corrected chi connectivity index (χ3v) is 3.71. The van der Waals surface area contributed by atoms with Crippen molar-refractivity contribution in [2.45, 2.75) is 13.5 Å². The number of nitrogens with one attached hydrogen (secondary N) is 2. The highest BCUT2D eigenvalue weighted by Crippen LogP contribution is 2.11. The van der Waals surface area contributed by atoms with Crippen molar-refractivity contribution in [1.82, 2.24) is 9.97 Å². The zero-order valence-corrected chi connectivity index (χ0v) is 13.7. The number of hydrogen-bond donors (Lipinski definition) is 2. The molecule has 0 spiro atoms. The van der Waals surface area contributed by atoms with E-state index in [0.717, 1.165) is 5.56 Å². The Balaban J connectivity index is 1.60.